The highest BCUT2D eigenvalue weighted by Crippen LogP contribution is 2.61. The predicted molar refractivity (Wildman–Crippen MR) is 281 cm³/mol. The normalized spacial score (nSPS) is 15.9. The molecule has 10 aromatic carbocycles. The van der Waals surface area contributed by atoms with Crippen LogP contribution in [-0.4, -0.2) is 10.6 Å². The van der Waals surface area contributed by atoms with Crippen molar-refractivity contribution in [3.63, 3.8) is 0 Å². The molecule has 13 rings (SSSR count). The summed E-state index contributed by atoms with van der Waals surface area (Å²) in [6, 6.07) is 92.0. The second-order valence-corrected chi connectivity index (χ2v) is 18.0. The lowest BCUT2D eigenvalue weighted by molar-refractivity contribution is 0.437. The molecule has 2 aliphatic rings. The summed E-state index contributed by atoms with van der Waals surface area (Å²) in [5, 5.41) is 5.00. The molecular formula is C65H46N2. The molecule has 2 aliphatic carbocycles. The molecule has 2 heteroatoms. The monoisotopic (exact) mass is 854 g/mol. The molecule has 0 N–H and O–H groups in total. The standard InChI is InChI=1S/C65H46N2/c1-3-22-50(23-4-1)65(51-24-5-2-6-25-51)59-32-13-9-28-55(59)58-31-18-36-63(64(58)65)66(53-26-17-21-48(44-53)49-38-37-45-19-7-8-20-47(45)43-49)52-41-39-46(40-42-52)54-27-10-14-33-60(54)67-61-34-15-11-29-56(61)57-30-12-16-35-62(57)67/h1-44,63-64H. The van der Waals surface area contributed by atoms with Gasteiger partial charge in [-0.2, -0.15) is 0 Å². The van der Waals surface area contributed by atoms with E-state index in [0.29, 0.717) is 0 Å². The average Bonchev–Trinajstić information content (AvgIpc) is 3.91. The molecule has 67 heavy (non-hydrogen) atoms. The van der Waals surface area contributed by atoms with Gasteiger partial charge in [-0.3, -0.25) is 0 Å². The topological polar surface area (TPSA) is 8.17 Å². The second kappa shape index (κ2) is 15.9. The zero-order valence-corrected chi connectivity index (χ0v) is 37.0. The van der Waals surface area contributed by atoms with Crippen LogP contribution < -0.4 is 4.90 Å². The summed E-state index contributed by atoms with van der Waals surface area (Å²) < 4.78 is 2.43. The molecule has 0 amide bonds. The summed E-state index contributed by atoms with van der Waals surface area (Å²) in [6.07, 6.45) is 7.14. The number of hydrogen-bond acceptors (Lipinski definition) is 1. The summed E-state index contributed by atoms with van der Waals surface area (Å²) in [5.74, 6) is 0.0275. The first kappa shape index (κ1) is 39.0. The first-order valence-corrected chi connectivity index (χ1v) is 23.4. The lowest BCUT2D eigenvalue weighted by Crippen LogP contribution is -2.47. The van der Waals surface area contributed by atoms with E-state index < -0.39 is 5.41 Å². The average molecular weight is 855 g/mol. The minimum absolute atomic E-state index is 0.0275. The Labute approximate surface area is 391 Å². The highest BCUT2D eigenvalue weighted by atomic mass is 15.2. The maximum atomic E-state index is 2.62. The highest BCUT2D eigenvalue weighted by molar-refractivity contribution is 6.09. The Morgan fingerprint density at radius 3 is 1.72 bits per heavy atom. The highest BCUT2D eigenvalue weighted by Gasteiger charge is 2.56. The van der Waals surface area contributed by atoms with Gasteiger partial charge in [0.05, 0.1) is 28.2 Å². The molecule has 316 valence electrons. The summed E-state index contributed by atoms with van der Waals surface area (Å²) in [4.78, 5) is 2.62. The zero-order chi connectivity index (χ0) is 44.3. The fraction of sp³-hybridized carbons (Fsp3) is 0.0462. The summed E-state index contributed by atoms with van der Waals surface area (Å²) in [6.45, 7) is 0. The molecule has 0 radical (unpaired) electrons. The summed E-state index contributed by atoms with van der Waals surface area (Å²) in [7, 11) is 0. The molecular weight excluding hydrogens is 809 g/mol. The van der Waals surface area contributed by atoms with E-state index in [1.54, 1.807) is 0 Å². The Bertz CT molecular complexity index is 3610. The lowest BCUT2D eigenvalue weighted by atomic mass is 9.61. The van der Waals surface area contributed by atoms with Crippen LogP contribution in [0.15, 0.2) is 267 Å². The van der Waals surface area contributed by atoms with Gasteiger partial charge in [-0.15, -0.1) is 0 Å². The number of allylic oxidation sites excluding steroid dienone is 2. The van der Waals surface area contributed by atoms with Crippen LogP contribution in [0.4, 0.5) is 11.4 Å². The van der Waals surface area contributed by atoms with Crippen molar-refractivity contribution in [1.29, 1.82) is 0 Å². The van der Waals surface area contributed by atoms with Gasteiger partial charge in [-0.1, -0.05) is 218 Å². The zero-order valence-electron chi connectivity index (χ0n) is 37.0. The number of anilines is 2. The van der Waals surface area contributed by atoms with Crippen LogP contribution in [0.1, 0.15) is 22.3 Å². The first-order chi connectivity index (χ1) is 33.3. The van der Waals surface area contributed by atoms with Crippen LogP contribution in [0.25, 0.3) is 66.1 Å². The second-order valence-electron chi connectivity index (χ2n) is 18.0. The molecule has 2 atom stereocenters. The third kappa shape index (κ3) is 6.18. The van der Waals surface area contributed by atoms with E-state index in [0.717, 1.165) is 17.1 Å². The smallest absolute Gasteiger partial charge is 0.0609 e. The van der Waals surface area contributed by atoms with Crippen LogP contribution in [-0.2, 0) is 5.41 Å². The van der Waals surface area contributed by atoms with Crippen LogP contribution in [0.3, 0.4) is 0 Å². The fourth-order valence-corrected chi connectivity index (χ4v) is 11.7. The van der Waals surface area contributed by atoms with Crippen LogP contribution in [0, 0.1) is 5.92 Å². The Morgan fingerprint density at radius 1 is 0.403 bits per heavy atom. The molecule has 0 saturated heterocycles. The van der Waals surface area contributed by atoms with E-state index in [-0.39, 0.29) is 12.0 Å². The number of aromatic nitrogens is 1. The summed E-state index contributed by atoms with van der Waals surface area (Å²) >= 11 is 0. The minimum atomic E-state index is -0.476. The van der Waals surface area contributed by atoms with E-state index in [1.165, 1.54) is 82.7 Å². The molecule has 0 aliphatic heterocycles. The number of fused-ring (bicyclic) bond motifs is 7. The van der Waals surface area contributed by atoms with Crippen molar-refractivity contribution in [2.75, 3.05) is 4.90 Å². The first-order valence-electron chi connectivity index (χ1n) is 23.4. The minimum Gasteiger partial charge on any atom is -0.334 e. The lowest BCUT2D eigenvalue weighted by Gasteiger charge is -2.46. The molecule has 1 heterocycles. The van der Waals surface area contributed by atoms with Gasteiger partial charge in [-0.25, -0.2) is 0 Å². The van der Waals surface area contributed by atoms with Gasteiger partial charge in [0.15, 0.2) is 0 Å². The number of para-hydroxylation sites is 3. The Morgan fingerprint density at radius 2 is 0.985 bits per heavy atom. The summed E-state index contributed by atoms with van der Waals surface area (Å²) in [5.41, 5.74) is 16.7. The van der Waals surface area contributed by atoms with Gasteiger partial charge < -0.3 is 9.47 Å². The Kier molecular flexibility index (Phi) is 9.25. The van der Waals surface area contributed by atoms with Crippen molar-refractivity contribution < 1.29 is 0 Å². The van der Waals surface area contributed by atoms with Crippen molar-refractivity contribution in [1.82, 2.24) is 4.57 Å². The van der Waals surface area contributed by atoms with Crippen LogP contribution in [0.5, 0.6) is 0 Å². The Hall–Kier alpha value is -8.46. The number of rotatable bonds is 8. The molecule has 0 bridgehead atoms. The number of nitrogens with zero attached hydrogens (tertiary/aromatic N) is 2. The third-order valence-electron chi connectivity index (χ3n) is 14.5. The van der Waals surface area contributed by atoms with Crippen LogP contribution in [0.2, 0.25) is 0 Å². The van der Waals surface area contributed by atoms with E-state index in [2.05, 4.69) is 276 Å². The van der Waals surface area contributed by atoms with Crippen molar-refractivity contribution in [2.45, 2.75) is 11.5 Å². The maximum absolute atomic E-state index is 2.62. The molecule has 2 nitrogen and oxygen atoms in total. The van der Waals surface area contributed by atoms with E-state index >= 15 is 0 Å². The maximum Gasteiger partial charge on any atom is 0.0609 e. The quantitative estimate of drug-likeness (QED) is 0.148. The molecule has 0 saturated carbocycles. The van der Waals surface area contributed by atoms with Gasteiger partial charge in [0.1, 0.15) is 0 Å². The van der Waals surface area contributed by atoms with Gasteiger partial charge in [0.2, 0.25) is 0 Å². The van der Waals surface area contributed by atoms with Crippen molar-refractivity contribution in [3.05, 3.63) is 289 Å². The molecule has 11 aromatic rings. The van der Waals surface area contributed by atoms with Gasteiger partial charge >= 0.3 is 0 Å². The largest absolute Gasteiger partial charge is 0.334 e. The number of benzene rings is 10. The third-order valence-corrected chi connectivity index (χ3v) is 14.5. The van der Waals surface area contributed by atoms with E-state index in [4.69, 9.17) is 0 Å². The van der Waals surface area contributed by atoms with E-state index in [9.17, 15) is 0 Å². The molecule has 1 aromatic heterocycles. The molecule has 0 fully saturated rings. The predicted octanol–water partition coefficient (Wildman–Crippen LogP) is 16.4. The van der Waals surface area contributed by atoms with Crippen molar-refractivity contribution in [3.8, 4) is 27.9 Å². The van der Waals surface area contributed by atoms with Crippen molar-refractivity contribution in [2.24, 2.45) is 5.92 Å². The van der Waals surface area contributed by atoms with Gasteiger partial charge in [0, 0.05) is 33.6 Å². The van der Waals surface area contributed by atoms with Crippen LogP contribution >= 0.6 is 0 Å². The fourth-order valence-electron chi connectivity index (χ4n) is 11.7. The Balaban J connectivity index is 1.01. The number of hydrogen-bond donors (Lipinski definition) is 0. The van der Waals surface area contributed by atoms with Gasteiger partial charge in [0.25, 0.3) is 0 Å². The SMILES string of the molecule is C1=CC(N(c2ccc(-c3ccccc3-n3c4ccccc4c4ccccc43)cc2)c2cccc(-c3ccc4ccccc4c3)c2)C2C(=C1)c1ccccc1C2(c1ccccc1)c1ccccc1. The molecule has 0 spiro atoms. The molecule has 2 unspecified atom stereocenters. The van der Waals surface area contributed by atoms with Crippen molar-refractivity contribution >= 4 is 49.5 Å². The van der Waals surface area contributed by atoms with E-state index in [1.807, 2.05) is 0 Å². The van der Waals surface area contributed by atoms with Gasteiger partial charge in [-0.05, 0) is 104 Å².